The molecule has 1 fully saturated rings. The Hall–Kier alpha value is -1.86. The molecule has 176 valence electrons. The molecule has 2 aromatic rings. The Balaban J connectivity index is 0.00000181. The van der Waals surface area contributed by atoms with Gasteiger partial charge in [-0.1, -0.05) is 12.1 Å². The van der Waals surface area contributed by atoms with Crippen molar-refractivity contribution < 1.29 is 18.7 Å². The zero-order chi connectivity index (χ0) is 20.8. The summed E-state index contributed by atoms with van der Waals surface area (Å²) in [6.45, 7) is 5.16. The van der Waals surface area contributed by atoms with Crippen molar-refractivity contribution in [1.29, 1.82) is 0 Å². The summed E-state index contributed by atoms with van der Waals surface area (Å²) in [6, 6.07) is 13.7. The van der Waals surface area contributed by atoms with Crippen molar-refractivity contribution in [2.75, 3.05) is 39.3 Å². The number of nitrogens with one attached hydrogen (secondary N) is 1. The van der Waals surface area contributed by atoms with E-state index in [1.807, 2.05) is 24.3 Å². The van der Waals surface area contributed by atoms with Crippen LogP contribution in [-0.4, -0.2) is 56.1 Å². The lowest BCUT2D eigenvalue weighted by Crippen LogP contribution is -2.40. The molecule has 0 bridgehead atoms. The minimum absolute atomic E-state index is 0. The molecule has 5 nitrogen and oxygen atoms in total. The monoisotopic (exact) mass is 484 g/mol. The number of hydrogen-bond acceptors (Lipinski definition) is 5. The van der Waals surface area contributed by atoms with Crippen LogP contribution in [0.15, 0.2) is 48.5 Å². The Morgan fingerprint density at radius 3 is 2.44 bits per heavy atom. The van der Waals surface area contributed by atoms with Crippen molar-refractivity contribution in [2.24, 2.45) is 5.92 Å². The molecule has 4 rings (SSSR count). The van der Waals surface area contributed by atoms with Gasteiger partial charge in [0.05, 0.1) is 0 Å². The molecule has 0 amide bonds. The van der Waals surface area contributed by atoms with Crippen LogP contribution in [0.1, 0.15) is 29.6 Å². The fourth-order valence-corrected chi connectivity index (χ4v) is 4.12. The van der Waals surface area contributed by atoms with E-state index in [2.05, 4.69) is 10.2 Å². The van der Waals surface area contributed by atoms with E-state index in [1.165, 1.54) is 12.1 Å². The first-order valence-corrected chi connectivity index (χ1v) is 10.8. The molecule has 0 saturated carbocycles. The molecule has 0 aliphatic carbocycles. The fourth-order valence-electron chi connectivity index (χ4n) is 4.12. The molecule has 0 aromatic heterocycles. The first kappa shape index (κ1) is 26.4. The average molecular weight is 485 g/mol. The van der Waals surface area contributed by atoms with Crippen LogP contribution in [-0.2, 0) is 0 Å². The molecule has 1 saturated heterocycles. The maximum Gasteiger partial charge on any atom is 0.166 e. The second-order valence-electron chi connectivity index (χ2n) is 8.04. The highest BCUT2D eigenvalue weighted by atomic mass is 35.5. The largest absolute Gasteiger partial charge is 0.486 e. The Kier molecular flexibility index (Phi) is 10.7. The van der Waals surface area contributed by atoms with Gasteiger partial charge in [-0.3, -0.25) is 4.79 Å². The van der Waals surface area contributed by atoms with Crippen molar-refractivity contribution in [3.05, 3.63) is 59.9 Å². The Bertz CT molecular complexity index is 845. The molecular weight excluding hydrogens is 454 g/mol. The fraction of sp³-hybridized carbons (Fsp3) is 0.458. The number of benzene rings is 2. The zero-order valence-electron chi connectivity index (χ0n) is 18.0. The highest BCUT2D eigenvalue weighted by Crippen LogP contribution is 2.30. The van der Waals surface area contributed by atoms with Crippen molar-refractivity contribution in [1.82, 2.24) is 10.2 Å². The van der Waals surface area contributed by atoms with Crippen LogP contribution in [0.4, 0.5) is 4.39 Å². The first-order chi connectivity index (χ1) is 14.7. The molecule has 2 aromatic carbocycles. The minimum atomic E-state index is -0.303. The van der Waals surface area contributed by atoms with Crippen LogP contribution in [0.3, 0.4) is 0 Å². The van der Waals surface area contributed by atoms with E-state index < -0.39 is 0 Å². The molecule has 8 heteroatoms. The van der Waals surface area contributed by atoms with Crippen LogP contribution in [0.2, 0.25) is 0 Å². The summed E-state index contributed by atoms with van der Waals surface area (Å²) >= 11 is 0. The molecular formula is C24H31Cl2FN2O3. The lowest BCUT2D eigenvalue weighted by Gasteiger charge is -2.31. The van der Waals surface area contributed by atoms with E-state index in [-0.39, 0.29) is 48.4 Å². The molecule has 2 heterocycles. The van der Waals surface area contributed by atoms with Gasteiger partial charge in [0.25, 0.3) is 0 Å². The van der Waals surface area contributed by atoms with Gasteiger partial charge in [-0.15, -0.1) is 24.8 Å². The number of carbonyl (C=O) groups excluding carboxylic acids is 1. The van der Waals surface area contributed by atoms with Gasteiger partial charge in [0.2, 0.25) is 0 Å². The summed E-state index contributed by atoms with van der Waals surface area (Å²) in [4.78, 5) is 15.0. The highest BCUT2D eigenvalue weighted by Gasteiger charge is 2.25. The number of Topliss-reactive ketones (excluding diaryl/α,β-unsaturated/α-hetero) is 1. The number of carbonyl (C=O) groups is 1. The molecule has 2 aliphatic heterocycles. The van der Waals surface area contributed by atoms with E-state index in [0.717, 1.165) is 63.5 Å². The van der Waals surface area contributed by atoms with Crippen molar-refractivity contribution in [2.45, 2.75) is 25.4 Å². The van der Waals surface area contributed by atoms with Crippen LogP contribution in [0.5, 0.6) is 11.5 Å². The van der Waals surface area contributed by atoms with Gasteiger partial charge < -0.3 is 19.7 Å². The number of fused-ring (bicyclic) bond motifs is 1. The molecule has 32 heavy (non-hydrogen) atoms. The number of hydrogen-bond donors (Lipinski definition) is 1. The standard InChI is InChI=1S/C24H29FN2O3.2ClH/c25-20-8-6-18(7-9-20)24(28)19-10-14-27(15-11-19)13-3-12-26-16-21-17-29-22-4-1-2-5-23(22)30-21;;/h1-2,4-9,19,21,26H,3,10-17H2;2*1H. The number of rotatable bonds is 8. The lowest BCUT2D eigenvalue weighted by molar-refractivity contribution is 0.0836. The highest BCUT2D eigenvalue weighted by molar-refractivity contribution is 5.97. The van der Waals surface area contributed by atoms with E-state index in [9.17, 15) is 9.18 Å². The molecule has 1 atom stereocenters. The third-order valence-electron chi connectivity index (χ3n) is 5.85. The van der Waals surface area contributed by atoms with Gasteiger partial charge in [-0.2, -0.15) is 0 Å². The van der Waals surface area contributed by atoms with Crippen LogP contribution < -0.4 is 14.8 Å². The third kappa shape index (κ3) is 7.07. The number of halogens is 3. The van der Waals surface area contributed by atoms with Crippen molar-refractivity contribution >= 4 is 30.6 Å². The normalized spacial score (nSPS) is 18.3. The Morgan fingerprint density at radius 1 is 1.03 bits per heavy atom. The molecule has 0 radical (unpaired) electrons. The predicted molar refractivity (Wildman–Crippen MR) is 128 cm³/mol. The topological polar surface area (TPSA) is 50.8 Å². The summed E-state index contributed by atoms with van der Waals surface area (Å²) in [7, 11) is 0. The van der Waals surface area contributed by atoms with Gasteiger partial charge >= 0.3 is 0 Å². The summed E-state index contributed by atoms with van der Waals surface area (Å²) in [6.07, 6.45) is 2.83. The first-order valence-electron chi connectivity index (χ1n) is 10.8. The predicted octanol–water partition coefficient (Wildman–Crippen LogP) is 4.38. The van der Waals surface area contributed by atoms with E-state index in [1.54, 1.807) is 12.1 Å². The van der Waals surface area contributed by atoms with Crippen LogP contribution in [0, 0.1) is 11.7 Å². The smallest absolute Gasteiger partial charge is 0.166 e. The number of nitrogens with zero attached hydrogens (tertiary/aromatic N) is 1. The summed E-state index contributed by atoms with van der Waals surface area (Å²) in [5.74, 6) is 1.52. The summed E-state index contributed by atoms with van der Waals surface area (Å²) in [5, 5.41) is 3.46. The number of para-hydroxylation sites is 2. The molecule has 2 aliphatic rings. The quantitative estimate of drug-likeness (QED) is 0.444. The second kappa shape index (κ2) is 13.0. The van der Waals surface area contributed by atoms with Crippen LogP contribution in [0.25, 0.3) is 0 Å². The van der Waals surface area contributed by atoms with E-state index in [4.69, 9.17) is 9.47 Å². The SMILES string of the molecule is Cl.Cl.O=C(c1ccc(F)cc1)C1CCN(CCCNCC2COc3ccccc3O2)CC1. The number of ether oxygens (including phenoxy) is 2. The minimum Gasteiger partial charge on any atom is -0.486 e. The van der Waals surface area contributed by atoms with Crippen LogP contribution >= 0.6 is 24.8 Å². The molecule has 1 N–H and O–H groups in total. The van der Waals surface area contributed by atoms with Gasteiger partial charge in [-0.05, 0) is 81.8 Å². The van der Waals surface area contributed by atoms with E-state index >= 15 is 0 Å². The second-order valence-corrected chi connectivity index (χ2v) is 8.04. The maximum atomic E-state index is 13.0. The summed E-state index contributed by atoms with van der Waals surface area (Å²) in [5.41, 5.74) is 0.621. The third-order valence-corrected chi connectivity index (χ3v) is 5.85. The van der Waals surface area contributed by atoms with Crippen molar-refractivity contribution in [3.8, 4) is 11.5 Å². The maximum absolute atomic E-state index is 13.0. The average Bonchev–Trinajstić information content (AvgIpc) is 2.79. The lowest BCUT2D eigenvalue weighted by atomic mass is 9.89. The molecule has 0 spiro atoms. The zero-order valence-corrected chi connectivity index (χ0v) is 19.6. The number of ketones is 1. The van der Waals surface area contributed by atoms with Gasteiger partial charge in [-0.25, -0.2) is 4.39 Å². The van der Waals surface area contributed by atoms with Gasteiger partial charge in [0.15, 0.2) is 17.3 Å². The van der Waals surface area contributed by atoms with Gasteiger partial charge in [0.1, 0.15) is 18.5 Å². The van der Waals surface area contributed by atoms with E-state index in [0.29, 0.717) is 12.2 Å². The Labute approximate surface area is 201 Å². The number of likely N-dealkylation sites (tertiary alicyclic amines) is 1. The molecule has 1 unspecified atom stereocenters. The summed E-state index contributed by atoms with van der Waals surface area (Å²) < 4.78 is 24.7. The van der Waals surface area contributed by atoms with Crippen molar-refractivity contribution in [3.63, 3.8) is 0 Å². The number of piperidine rings is 1. The Morgan fingerprint density at radius 2 is 1.72 bits per heavy atom. The van der Waals surface area contributed by atoms with Gasteiger partial charge in [0, 0.05) is 18.0 Å².